The number of rotatable bonds is 7. The van der Waals surface area contributed by atoms with Crippen LogP contribution in [0.4, 0.5) is 24.5 Å². The maximum absolute atomic E-state index is 12.9. The lowest BCUT2D eigenvalue weighted by Gasteiger charge is -2.17. The molecule has 0 radical (unpaired) electrons. The molecule has 8 heteroatoms. The average Bonchev–Trinajstić information content (AvgIpc) is 3.57. The fourth-order valence-corrected chi connectivity index (χ4v) is 3.98. The molecule has 0 spiro atoms. The van der Waals surface area contributed by atoms with Crippen molar-refractivity contribution in [2.75, 3.05) is 24.3 Å². The van der Waals surface area contributed by atoms with Crippen molar-refractivity contribution in [2.24, 2.45) is 0 Å². The van der Waals surface area contributed by atoms with Crippen molar-refractivity contribution in [1.82, 2.24) is 5.32 Å². The predicted octanol–water partition coefficient (Wildman–Crippen LogP) is 6.09. The SMILES string of the molecule is CN(C)c1ccccc1CNC1CC1c1ccc(NC(=O)c2cccc(C(F)(F)F)c2)cc1.Cl. The van der Waals surface area contributed by atoms with Gasteiger partial charge in [-0.15, -0.1) is 12.4 Å². The molecule has 2 atom stereocenters. The smallest absolute Gasteiger partial charge is 0.377 e. The zero-order valence-corrected chi connectivity index (χ0v) is 19.7. The van der Waals surface area contributed by atoms with Crippen LogP contribution in [0.2, 0.25) is 0 Å². The van der Waals surface area contributed by atoms with Gasteiger partial charge in [-0.1, -0.05) is 36.4 Å². The van der Waals surface area contributed by atoms with Gasteiger partial charge in [0.1, 0.15) is 0 Å². The van der Waals surface area contributed by atoms with Gasteiger partial charge < -0.3 is 15.5 Å². The Kier molecular flexibility index (Phi) is 7.89. The lowest BCUT2D eigenvalue weighted by Crippen LogP contribution is -2.20. The van der Waals surface area contributed by atoms with E-state index in [2.05, 4.69) is 27.7 Å². The maximum Gasteiger partial charge on any atom is 0.416 e. The van der Waals surface area contributed by atoms with E-state index < -0.39 is 17.6 Å². The largest absolute Gasteiger partial charge is 0.416 e. The summed E-state index contributed by atoms with van der Waals surface area (Å²) >= 11 is 0. The summed E-state index contributed by atoms with van der Waals surface area (Å²) in [5, 5.41) is 6.29. The Morgan fingerprint density at radius 3 is 2.38 bits per heavy atom. The minimum Gasteiger partial charge on any atom is -0.377 e. The molecule has 0 saturated heterocycles. The van der Waals surface area contributed by atoms with Gasteiger partial charge in [-0.3, -0.25) is 4.79 Å². The number of halogens is 4. The molecular weight excluding hydrogens is 463 g/mol. The van der Waals surface area contributed by atoms with E-state index in [0.29, 0.717) is 17.6 Å². The topological polar surface area (TPSA) is 44.4 Å². The second kappa shape index (κ2) is 10.5. The Morgan fingerprint density at radius 1 is 1.00 bits per heavy atom. The Hall–Kier alpha value is -3.03. The van der Waals surface area contributed by atoms with Crippen molar-refractivity contribution in [3.05, 3.63) is 95.1 Å². The minimum absolute atomic E-state index is 0. The molecule has 3 aromatic carbocycles. The Balaban J connectivity index is 0.00000324. The third-order valence-electron chi connectivity index (χ3n) is 5.87. The summed E-state index contributed by atoms with van der Waals surface area (Å²) in [5.41, 5.74) is 3.30. The molecule has 1 amide bonds. The van der Waals surface area contributed by atoms with E-state index in [9.17, 15) is 18.0 Å². The van der Waals surface area contributed by atoms with Gasteiger partial charge in [-0.2, -0.15) is 13.2 Å². The molecule has 180 valence electrons. The molecule has 34 heavy (non-hydrogen) atoms. The quantitative estimate of drug-likeness (QED) is 0.422. The number of nitrogens with one attached hydrogen (secondary N) is 2. The third-order valence-corrected chi connectivity index (χ3v) is 5.87. The molecular formula is C26H27ClF3N3O. The monoisotopic (exact) mass is 489 g/mol. The molecule has 1 saturated carbocycles. The van der Waals surface area contributed by atoms with Gasteiger partial charge in [0.15, 0.2) is 0 Å². The molecule has 2 N–H and O–H groups in total. The molecule has 0 heterocycles. The Labute approximate surface area is 203 Å². The van der Waals surface area contributed by atoms with Gasteiger partial charge in [-0.05, 0) is 53.9 Å². The van der Waals surface area contributed by atoms with Gasteiger partial charge in [0.2, 0.25) is 0 Å². The maximum atomic E-state index is 12.9. The van der Waals surface area contributed by atoms with Crippen molar-refractivity contribution in [3.8, 4) is 0 Å². The second-order valence-electron chi connectivity index (χ2n) is 8.51. The van der Waals surface area contributed by atoms with E-state index >= 15 is 0 Å². The van der Waals surface area contributed by atoms with E-state index in [0.717, 1.165) is 25.1 Å². The molecule has 4 nitrogen and oxygen atoms in total. The van der Waals surface area contributed by atoms with E-state index in [1.807, 2.05) is 38.4 Å². The fraction of sp³-hybridized carbons (Fsp3) is 0.269. The van der Waals surface area contributed by atoms with Crippen LogP contribution in [0, 0.1) is 0 Å². The molecule has 1 aliphatic rings. The number of alkyl halides is 3. The van der Waals surface area contributed by atoms with Crippen LogP contribution in [0.25, 0.3) is 0 Å². The van der Waals surface area contributed by atoms with Gasteiger partial charge in [0.05, 0.1) is 5.56 Å². The number of carbonyl (C=O) groups excluding carboxylic acids is 1. The van der Waals surface area contributed by atoms with Crippen LogP contribution >= 0.6 is 12.4 Å². The highest BCUT2D eigenvalue weighted by Crippen LogP contribution is 2.41. The van der Waals surface area contributed by atoms with Crippen molar-refractivity contribution in [2.45, 2.75) is 31.1 Å². The number of nitrogens with zero attached hydrogens (tertiary/aromatic N) is 1. The van der Waals surface area contributed by atoms with E-state index in [1.54, 1.807) is 12.1 Å². The lowest BCUT2D eigenvalue weighted by atomic mass is 10.1. The standard InChI is InChI=1S/C26H26F3N3O.ClH/c1-32(2)24-9-4-3-6-19(24)16-30-23-15-22(23)17-10-12-21(13-11-17)31-25(33)18-7-5-8-20(14-18)26(27,28)29;/h3-14,22-23,30H,15-16H2,1-2H3,(H,31,33);1H. The zero-order valence-electron chi connectivity index (χ0n) is 18.9. The summed E-state index contributed by atoms with van der Waals surface area (Å²) in [6.45, 7) is 0.792. The highest BCUT2D eigenvalue weighted by molar-refractivity contribution is 6.04. The van der Waals surface area contributed by atoms with Crippen LogP contribution in [0.5, 0.6) is 0 Å². The third kappa shape index (κ3) is 6.10. The van der Waals surface area contributed by atoms with Crippen molar-refractivity contribution >= 4 is 29.7 Å². The van der Waals surface area contributed by atoms with Crippen molar-refractivity contribution < 1.29 is 18.0 Å². The minimum atomic E-state index is -4.48. The molecule has 2 unspecified atom stereocenters. The molecule has 4 rings (SSSR count). The van der Waals surface area contributed by atoms with Crippen LogP contribution in [0.15, 0.2) is 72.8 Å². The molecule has 0 aromatic heterocycles. The number of hydrogen-bond acceptors (Lipinski definition) is 3. The van der Waals surface area contributed by atoms with Crippen molar-refractivity contribution in [3.63, 3.8) is 0 Å². The van der Waals surface area contributed by atoms with Gasteiger partial charge in [0.25, 0.3) is 5.91 Å². The molecule has 3 aromatic rings. The fourth-order valence-electron chi connectivity index (χ4n) is 3.98. The summed E-state index contributed by atoms with van der Waals surface area (Å²) in [5.74, 6) is -0.163. The highest BCUT2D eigenvalue weighted by atomic mass is 35.5. The molecule has 1 aliphatic carbocycles. The van der Waals surface area contributed by atoms with E-state index in [-0.39, 0.29) is 18.0 Å². The zero-order chi connectivity index (χ0) is 23.6. The normalized spacial score (nSPS) is 17.0. The van der Waals surface area contributed by atoms with Crippen LogP contribution in [-0.4, -0.2) is 26.0 Å². The summed E-state index contributed by atoms with van der Waals surface area (Å²) in [6, 6.07) is 20.6. The average molecular weight is 490 g/mol. The Morgan fingerprint density at radius 2 is 1.71 bits per heavy atom. The number of carbonyl (C=O) groups is 1. The highest BCUT2D eigenvalue weighted by Gasteiger charge is 2.37. The number of para-hydroxylation sites is 1. The summed E-state index contributed by atoms with van der Waals surface area (Å²) < 4.78 is 38.6. The van der Waals surface area contributed by atoms with E-state index in [4.69, 9.17) is 0 Å². The molecule has 1 fully saturated rings. The van der Waals surface area contributed by atoms with Gasteiger partial charge >= 0.3 is 6.18 Å². The predicted molar refractivity (Wildman–Crippen MR) is 132 cm³/mol. The lowest BCUT2D eigenvalue weighted by molar-refractivity contribution is -0.137. The molecule has 0 aliphatic heterocycles. The number of anilines is 2. The van der Waals surface area contributed by atoms with E-state index in [1.165, 1.54) is 28.9 Å². The van der Waals surface area contributed by atoms with Crippen LogP contribution in [0.1, 0.15) is 39.4 Å². The first-order valence-corrected chi connectivity index (χ1v) is 10.8. The second-order valence-corrected chi connectivity index (χ2v) is 8.51. The first-order chi connectivity index (χ1) is 15.7. The van der Waals surface area contributed by atoms with Crippen LogP contribution in [-0.2, 0) is 12.7 Å². The number of benzene rings is 3. The number of hydrogen-bond donors (Lipinski definition) is 2. The Bertz CT molecular complexity index is 1130. The van der Waals surface area contributed by atoms with Crippen LogP contribution < -0.4 is 15.5 Å². The van der Waals surface area contributed by atoms with Gasteiger partial charge in [-0.25, -0.2) is 0 Å². The first kappa shape index (κ1) is 25.6. The summed E-state index contributed by atoms with van der Waals surface area (Å²) in [4.78, 5) is 14.5. The first-order valence-electron chi connectivity index (χ1n) is 10.8. The summed E-state index contributed by atoms with van der Waals surface area (Å²) in [7, 11) is 4.07. The van der Waals surface area contributed by atoms with Crippen molar-refractivity contribution in [1.29, 1.82) is 0 Å². The van der Waals surface area contributed by atoms with Gasteiger partial charge in [0, 0.05) is 49.5 Å². The number of amides is 1. The molecule has 0 bridgehead atoms. The summed E-state index contributed by atoms with van der Waals surface area (Å²) in [6.07, 6.45) is -3.44. The van der Waals surface area contributed by atoms with Crippen LogP contribution in [0.3, 0.4) is 0 Å².